The summed E-state index contributed by atoms with van der Waals surface area (Å²) < 4.78 is 37.5. The summed E-state index contributed by atoms with van der Waals surface area (Å²) in [6.07, 6.45) is -1.61. The number of rotatable bonds is 2. The van der Waals surface area contributed by atoms with Gasteiger partial charge >= 0.3 is 6.18 Å². The largest absolute Gasteiger partial charge is 0.416 e. The van der Waals surface area contributed by atoms with E-state index in [9.17, 15) is 13.2 Å². The SMILES string of the molecule is NCC=Cc1cc(N)ccc1C(F)(F)F. The van der Waals surface area contributed by atoms with Crippen molar-refractivity contribution in [2.75, 3.05) is 12.3 Å². The Labute approximate surface area is 85.4 Å². The van der Waals surface area contributed by atoms with E-state index in [2.05, 4.69) is 0 Å². The fourth-order valence-electron chi connectivity index (χ4n) is 1.17. The molecule has 1 rings (SSSR count). The second-order valence-electron chi connectivity index (χ2n) is 2.98. The van der Waals surface area contributed by atoms with Crippen LogP contribution < -0.4 is 11.5 Å². The van der Waals surface area contributed by atoms with Gasteiger partial charge in [-0.3, -0.25) is 0 Å². The standard InChI is InChI=1S/C10H11F3N2/c11-10(12,13)9-4-3-8(15)6-7(9)2-1-5-14/h1-4,6H,5,14-15H2. The molecular formula is C10H11F3N2. The van der Waals surface area contributed by atoms with E-state index in [1.54, 1.807) is 0 Å². The van der Waals surface area contributed by atoms with Crippen molar-refractivity contribution in [3.8, 4) is 0 Å². The van der Waals surface area contributed by atoms with E-state index in [4.69, 9.17) is 11.5 Å². The highest BCUT2D eigenvalue weighted by Gasteiger charge is 2.32. The number of hydrogen-bond acceptors (Lipinski definition) is 2. The molecule has 0 atom stereocenters. The topological polar surface area (TPSA) is 52.0 Å². The van der Waals surface area contributed by atoms with Gasteiger partial charge in [-0.25, -0.2) is 0 Å². The molecule has 1 aromatic rings. The Bertz CT molecular complexity index is 369. The summed E-state index contributed by atoms with van der Waals surface area (Å²) >= 11 is 0. The maximum absolute atomic E-state index is 12.5. The van der Waals surface area contributed by atoms with E-state index < -0.39 is 11.7 Å². The van der Waals surface area contributed by atoms with Crippen LogP contribution in [-0.2, 0) is 6.18 Å². The molecule has 0 bridgehead atoms. The summed E-state index contributed by atoms with van der Waals surface area (Å²) in [5, 5.41) is 0. The zero-order valence-electron chi connectivity index (χ0n) is 7.88. The normalized spacial score (nSPS) is 12.3. The van der Waals surface area contributed by atoms with E-state index in [1.807, 2.05) is 0 Å². The lowest BCUT2D eigenvalue weighted by Crippen LogP contribution is -2.07. The van der Waals surface area contributed by atoms with Crippen LogP contribution in [0.4, 0.5) is 18.9 Å². The second-order valence-corrected chi connectivity index (χ2v) is 2.98. The van der Waals surface area contributed by atoms with E-state index in [0.717, 1.165) is 6.07 Å². The molecule has 4 N–H and O–H groups in total. The molecule has 0 aliphatic carbocycles. The van der Waals surface area contributed by atoms with Crippen molar-refractivity contribution in [1.82, 2.24) is 0 Å². The molecule has 15 heavy (non-hydrogen) atoms. The third-order valence-corrected chi connectivity index (χ3v) is 1.81. The van der Waals surface area contributed by atoms with Gasteiger partial charge in [-0.05, 0) is 23.8 Å². The number of anilines is 1. The first kappa shape index (κ1) is 11.6. The van der Waals surface area contributed by atoms with Gasteiger partial charge in [-0.15, -0.1) is 0 Å². The number of halogens is 3. The Morgan fingerprint density at radius 2 is 1.93 bits per heavy atom. The maximum atomic E-state index is 12.5. The van der Waals surface area contributed by atoms with Crippen LogP contribution in [0.1, 0.15) is 11.1 Å². The summed E-state index contributed by atoms with van der Waals surface area (Å²) in [7, 11) is 0. The van der Waals surface area contributed by atoms with Gasteiger partial charge in [-0.2, -0.15) is 13.2 Å². The predicted molar refractivity (Wildman–Crippen MR) is 53.9 cm³/mol. The van der Waals surface area contributed by atoms with Gasteiger partial charge in [-0.1, -0.05) is 12.2 Å². The van der Waals surface area contributed by atoms with Gasteiger partial charge in [0.1, 0.15) is 0 Å². The highest BCUT2D eigenvalue weighted by molar-refractivity contribution is 5.60. The number of alkyl halides is 3. The number of benzene rings is 1. The minimum absolute atomic E-state index is 0.0351. The Hall–Kier alpha value is -1.49. The van der Waals surface area contributed by atoms with Crippen LogP contribution in [0.25, 0.3) is 6.08 Å². The van der Waals surface area contributed by atoms with Crippen molar-refractivity contribution in [3.05, 3.63) is 35.4 Å². The smallest absolute Gasteiger partial charge is 0.399 e. The Morgan fingerprint density at radius 3 is 2.47 bits per heavy atom. The molecule has 0 saturated carbocycles. The molecule has 0 fully saturated rings. The van der Waals surface area contributed by atoms with Crippen LogP contribution in [0, 0.1) is 0 Å². The van der Waals surface area contributed by atoms with Crippen LogP contribution in [0.15, 0.2) is 24.3 Å². The van der Waals surface area contributed by atoms with Gasteiger partial charge < -0.3 is 11.5 Å². The summed E-state index contributed by atoms with van der Waals surface area (Å²) in [6.45, 7) is 0.187. The van der Waals surface area contributed by atoms with Crippen molar-refractivity contribution >= 4 is 11.8 Å². The monoisotopic (exact) mass is 216 g/mol. The van der Waals surface area contributed by atoms with Gasteiger partial charge in [0.25, 0.3) is 0 Å². The minimum Gasteiger partial charge on any atom is -0.399 e. The van der Waals surface area contributed by atoms with Crippen LogP contribution in [0.3, 0.4) is 0 Å². The van der Waals surface area contributed by atoms with Crippen molar-refractivity contribution in [2.24, 2.45) is 5.73 Å². The third kappa shape index (κ3) is 2.99. The zero-order chi connectivity index (χ0) is 11.5. The lowest BCUT2D eigenvalue weighted by atomic mass is 10.1. The highest BCUT2D eigenvalue weighted by Crippen LogP contribution is 2.33. The molecule has 0 radical (unpaired) electrons. The molecule has 0 unspecified atom stereocenters. The number of nitrogens with two attached hydrogens (primary N) is 2. The van der Waals surface area contributed by atoms with Crippen molar-refractivity contribution in [3.63, 3.8) is 0 Å². The molecule has 1 aromatic carbocycles. The van der Waals surface area contributed by atoms with Crippen molar-refractivity contribution in [2.45, 2.75) is 6.18 Å². The first-order valence-corrected chi connectivity index (χ1v) is 4.28. The van der Waals surface area contributed by atoms with Gasteiger partial charge in [0.05, 0.1) is 5.56 Å². The highest BCUT2D eigenvalue weighted by atomic mass is 19.4. The van der Waals surface area contributed by atoms with E-state index >= 15 is 0 Å². The molecule has 0 aliphatic rings. The van der Waals surface area contributed by atoms with Crippen molar-refractivity contribution in [1.29, 1.82) is 0 Å². The Morgan fingerprint density at radius 1 is 1.27 bits per heavy atom. The third-order valence-electron chi connectivity index (χ3n) is 1.81. The molecule has 0 spiro atoms. The Kier molecular flexibility index (Phi) is 3.36. The molecule has 2 nitrogen and oxygen atoms in total. The van der Waals surface area contributed by atoms with E-state index in [-0.39, 0.29) is 12.1 Å². The number of hydrogen-bond donors (Lipinski definition) is 2. The lowest BCUT2D eigenvalue weighted by molar-refractivity contribution is -0.137. The Balaban J connectivity index is 3.21. The molecule has 5 heteroatoms. The molecule has 82 valence electrons. The minimum atomic E-state index is -4.37. The van der Waals surface area contributed by atoms with E-state index in [1.165, 1.54) is 24.3 Å². The van der Waals surface area contributed by atoms with Gasteiger partial charge in [0.15, 0.2) is 0 Å². The average molecular weight is 216 g/mol. The average Bonchev–Trinajstić information content (AvgIpc) is 2.12. The van der Waals surface area contributed by atoms with E-state index in [0.29, 0.717) is 5.69 Å². The zero-order valence-corrected chi connectivity index (χ0v) is 7.88. The molecular weight excluding hydrogens is 205 g/mol. The quantitative estimate of drug-likeness (QED) is 0.745. The summed E-state index contributed by atoms with van der Waals surface area (Å²) in [6, 6.07) is 3.46. The molecule has 0 heterocycles. The van der Waals surface area contributed by atoms with Crippen molar-refractivity contribution < 1.29 is 13.2 Å². The lowest BCUT2D eigenvalue weighted by Gasteiger charge is -2.10. The van der Waals surface area contributed by atoms with Gasteiger partial charge in [0, 0.05) is 12.2 Å². The molecule has 0 aliphatic heterocycles. The van der Waals surface area contributed by atoms with Crippen LogP contribution >= 0.6 is 0 Å². The second kappa shape index (κ2) is 4.35. The summed E-state index contributed by atoms with van der Waals surface area (Å²) in [4.78, 5) is 0. The molecule has 0 aromatic heterocycles. The van der Waals surface area contributed by atoms with Crippen LogP contribution in [0.5, 0.6) is 0 Å². The summed E-state index contributed by atoms with van der Waals surface area (Å²) in [5.41, 5.74) is 10.2. The first-order valence-electron chi connectivity index (χ1n) is 4.28. The fraction of sp³-hybridized carbons (Fsp3) is 0.200. The summed E-state index contributed by atoms with van der Waals surface area (Å²) in [5.74, 6) is 0. The predicted octanol–water partition coefficient (Wildman–Crippen LogP) is 2.26. The maximum Gasteiger partial charge on any atom is 0.416 e. The molecule has 0 amide bonds. The molecule has 0 saturated heterocycles. The van der Waals surface area contributed by atoms with Gasteiger partial charge in [0.2, 0.25) is 0 Å². The number of nitrogen functional groups attached to an aromatic ring is 1. The first-order chi connectivity index (χ1) is 6.95. The fourth-order valence-corrected chi connectivity index (χ4v) is 1.17. The van der Waals surface area contributed by atoms with Crippen LogP contribution in [0.2, 0.25) is 0 Å². The van der Waals surface area contributed by atoms with Crippen LogP contribution in [-0.4, -0.2) is 6.54 Å².